The van der Waals surface area contributed by atoms with E-state index in [9.17, 15) is 4.79 Å². The van der Waals surface area contributed by atoms with Gasteiger partial charge in [-0.05, 0) is 23.8 Å². The van der Waals surface area contributed by atoms with Gasteiger partial charge in [0, 0.05) is 31.7 Å². The van der Waals surface area contributed by atoms with Crippen molar-refractivity contribution < 1.29 is 23.7 Å². The van der Waals surface area contributed by atoms with Crippen molar-refractivity contribution in [2.45, 2.75) is 12.1 Å². The Labute approximate surface area is 189 Å². The molecule has 4 rings (SSSR count). The van der Waals surface area contributed by atoms with Crippen LogP contribution in [0.25, 0.3) is 0 Å². The van der Waals surface area contributed by atoms with Gasteiger partial charge in [0.15, 0.2) is 17.3 Å². The van der Waals surface area contributed by atoms with Crippen molar-refractivity contribution in [1.82, 2.24) is 9.80 Å². The molecule has 7 heteroatoms. The maximum Gasteiger partial charge on any atom is 0.182 e. The lowest BCUT2D eigenvalue weighted by Gasteiger charge is -2.44. The molecular weight excluding hydrogens is 408 g/mol. The summed E-state index contributed by atoms with van der Waals surface area (Å²) in [5, 5.41) is 0. The van der Waals surface area contributed by atoms with Crippen LogP contribution >= 0.6 is 0 Å². The lowest BCUT2D eigenvalue weighted by molar-refractivity contribution is -0.0301. The molecule has 32 heavy (non-hydrogen) atoms. The largest absolute Gasteiger partial charge is 0.493 e. The van der Waals surface area contributed by atoms with Crippen molar-refractivity contribution in [1.29, 1.82) is 0 Å². The van der Waals surface area contributed by atoms with Gasteiger partial charge >= 0.3 is 0 Å². The number of Topliss-reactive ketones (excluding diaryl/α,β-unsaturated/α-hetero) is 1. The number of ketones is 1. The van der Waals surface area contributed by atoms with Crippen LogP contribution in [0.5, 0.6) is 11.5 Å². The molecule has 0 saturated carbocycles. The van der Waals surface area contributed by atoms with Crippen LogP contribution in [0.4, 0.5) is 0 Å². The quantitative estimate of drug-likeness (QED) is 0.585. The molecule has 2 aromatic carbocycles. The fraction of sp³-hybridized carbons (Fsp3) is 0.480. The number of nitrogens with zero attached hydrogens (tertiary/aromatic N) is 2. The minimum absolute atomic E-state index is 0.0770. The summed E-state index contributed by atoms with van der Waals surface area (Å²) in [7, 11) is 3.19. The third-order valence-corrected chi connectivity index (χ3v) is 6.25. The summed E-state index contributed by atoms with van der Waals surface area (Å²) in [5.74, 6) is 1.25. The highest BCUT2D eigenvalue weighted by atomic mass is 16.5. The van der Waals surface area contributed by atoms with E-state index in [2.05, 4.69) is 21.9 Å². The fourth-order valence-corrected chi connectivity index (χ4v) is 4.62. The number of hydrogen-bond acceptors (Lipinski definition) is 7. The van der Waals surface area contributed by atoms with E-state index in [0.717, 1.165) is 31.7 Å². The topological polar surface area (TPSA) is 60.5 Å². The molecule has 2 aliphatic rings. The van der Waals surface area contributed by atoms with Crippen LogP contribution in [0.2, 0.25) is 0 Å². The molecule has 0 amide bonds. The fourth-order valence-electron chi connectivity index (χ4n) is 4.62. The van der Waals surface area contributed by atoms with Crippen molar-refractivity contribution >= 4 is 5.78 Å². The Kier molecular flexibility index (Phi) is 7.76. The Hall–Kier alpha value is -2.45. The number of hydrogen-bond donors (Lipinski definition) is 0. The second-order valence-electron chi connectivity index (χ2n) is 8.03. The number of methoxy groups -OCH3 is 2. The molecule has 7 nitrogen and oxygen atoms in total. The number of carbonyl (C=O) groups excluding carboxylic acids is 1. The maximum absolute atomic E-state index is 14.1. The average Bonchev–Trinajstić information content (AvgIpc) is 2.88. The molecule has 2 atom stereocenters. The summed E-state index contributed by atoms with van der Waals surface area (Å²) in [6.45, 7) is 5.61. The molecule has 2 heterocycles. The third-order valence-electron chi connectivity index (χ3n) is 6.25. The van der Waals surface area contributed by atoms with Gasteiger partial charge in [-0.2, -0.15) is 0 Å². The van der Waals surface area contributed by atoms with Crippen LogP contribution in [-0.4, -0.2) is 88.5 Å². The molecule has 0 aromatic heterocycles. The minimum atomic E-state index is -0.350. The van der Waals surface area contributed by atoms with Crippen molar-refractivity contribution in [2.24, 2.45) is 0 Å². The van der Waals surface area contributed by atoms with E-state index in [0.29, 0.717) is 43.5 Å². The summed E-state index contributed by atoms with van der Waals surface area (Å²) in [6, 6.07) is 15.3. The zero-order valence-electron chi connectivity index (χ0n) is 18.9. The van der Waals surface area contributed by atoms with Gasteiger partial charge in [-0.1, -0.05) is 30.3 Å². The van der Waals surface area contributed by atoms with Crippen molar-refractivity contribution in [2.75, 3.05) is 66.8 Å². The van der Waals surface area contributed by atoms with Crippen LogP contribution in [0.1, 0.15) is 22.0 Å². The molecule has 2 fully saturated rings. The number of carbonyl (C=O) groups is 1. The Bertz CT molecular complexity index is 879. The van der Waals surface area contributed by atoms with Crippen molar-refractivity contribution in [3.8, 4) is 11.5 Å². The Morgan fingerprint density at radius 1 is 0.812 bits per heavy atom. The van der Waals surface area contributed by atoms with Gasteiger partial charge < -0.3 is 18.9 Å². The van der Waals surface area contributed by atoms with Gasteiger partial charge in [-0.3, -0.25) is 14.6 Å². The van der Waals surface area contributed by atoms with Crippen LogP contribution in [0, 0.1) is 0 Å². The van der Waals surface area contributed by atoms with Gasteiger partial charge in [0.05, 0.1) is 52.7 Å². The van der Waals surface area contributed by atoms with Crippen molar-refractivity contribution in [3.05, 3.63) is 59.7 Å². The predicted octanol–water partition coefficient (Wildman–Crippen LogP) is 2.66. The van der Waals surface area contributed by atoms with Gasteiger partial charge in [-0.25, -0.2) is 0 Å². The van der Waals surface area contributed by atoms with Crippen LogP contribution in [0.3, 0.4) is 0 Å². The molecule has 0 radical (unpaired) electrons. The van der Waals surface area contributed by atoms with E-state index >= 15 is 0 Å². The molecule has 0 aliphatic carbocycles. The van der Waals surface area contributed by atoms with Crippen LogP contribution < -0.4 is 9.47 Å². The summed E-state index contributed by atoms with van der Waals surface area (Å²) >= 11 is 0. The normalized spacial score (nSPS) is 19.8. The second-order valence-corrected chi connectivity index (χ2v) is 8.03. The van der Waals surface area contributed by atoms with E-state index in [1.807, 2.05) is 24.3 Å². The van der Waals surface area contributed by atoms with E-state index < -0.39 is 0 Å². The van der Waals surface area contributed by atoms with E-state index in [-0.39, 0.29) is 17.9 Å². The molecule has 2 aromatic rings. The van der Waals surface area contributed by atoms with Crippen molar-refractivity contribution in [3.63, 3.8) is 0 Å². The minimum Gasteiger partial charge on any atom is -0.493 e. The highest BCUT2D eigenvalue weighted by Gasteiger charge is 2.39. The van der Waals surface area contributed by atoms with E-state index in [4.69, 9.17) is 18.9 Å². The SMILES string of the molecule is COc1ccc(C(=O)[C@H]([C@H](c2ccccc2)N2CCOCC2)N2CCOCC2)cc1OC. The van der Waals surface area contributed by atoms with Gasteiger partial charge in [-0.15, -0.1) is 0 Å². The molecule has 2 saturated heterocycles. The zero-order chi connectivity index (χ0) is 22.3. The molecule has 0 bridgehead atoms. The first-order valence-electron chi connectivity index (χ1n) is 11.2. The molecule has 172 valence electrons. The van der Waals surface area contributed by atoms with Gasteiger partial charge in [0.25, 0.3) is 0 Å². The monoisotopic (exact) mass is 440 g/mol. The molecule has 2 aliphatic heterocycles. The van der Waals surface area contributed by atoms with Gasteiger partial charge in [0.1, 0.15) is 0 Å². The van der Waals surface area contributed by atoms with Crippen LogP contribution in [-0.2, 0) is 9.47 Å². The predicted molar refractivity (Wildman–Crippen MR) is 122 cm³/mol. The summed E-state index contributed by atoms with van der Waals surface area (Å²) < 4.78 is 22.1. The number of morpholine rings is 2. The number of rotatable bonds is 8. The highest BCUT2D eigenvalue weighted by Crippen LogP contribution is 2.34. The smallest absolute Gasteiger partial charge is 0.182 e. The first kappa shape index (κ1) is 22.7. The number of benzene rings is 2. The summed E-state index contributed by atoms with van der Waals surface area (Å²) in [6.07, 6.45) is 0. The number of ether oxygens (including phenoxy) is 4. The highest BCUT2D eigenvalue weighted by molar-refractivity contribution is 6.01. The molecule has 0 N–H and O–H groups in total. The Morgan fingerprint density at radius 2 is 1.41 bits per heavy atom. The first-order chi connectivity index (χ1) is 15.7. The second kappa shape index (κ2) is 10.9. The zero-order valence-corrected chi connectivity index (χ0v) is 18.9. The lowest BCUT2D eigenvalue weighted by Crippen LogP contribution is -2.55. The Morgan fingerprint density at radius 3 is 2.00 bits per heavy atom. The van der Waals surface area contributed by atoms with E-state index in [1.165, 1.54) is 0 Å². The Balaban J connectivity index is 1.76. The van der Waals surface area contributed by atoms with E-state index in [1.54, 1.807) is 26.4 Å². The third kappa shape index (κ3) is 4.96. The molecule has 0 spiro atoms. The molecular formula is C25H32N2O5. The maximum atomic E-state index is 14.1. The standard InChI is InChI=1S/C25H32N2O5/c1-29-21-9-8-20(18-22(21)30-2)25(28)24(27-12-16-32-17-13-27)23(19-6-4-3-5-7-19)26-10-14-31-15-11-26/h3-9,18,23-24H,10-17H2,1-2H3/t23-,24-/m0/s1. The molecule has 0 unspecified atom stereocenters. The lowest BCUT2D eigenvalue weighted by atomic mass is 9.89. The average molecular weight is 441 g/mol. The summed E-state index contributed by atoms with van der Waals surface area (Å²) in [5.41, 5.74) is 1.76. The summed E-state index contributed by atoms with van der Waals surface area (Å²) in [4.78, 5) is 18.8. The van der Waals surface area contributed by atoms with Gasteiger partial charge in [0.2, 0.25) is 0 Å². The first-order valence-corrected chi connectivity index (χ1v) is 11.2. The van der Waals surface area contributed by atoms with Crippen LogP contribution in [0.15, 0.2) is 48.5 Å².